The monoisotopic (exact) mass is 368 g/mol. The average Bonchev–Trinajstić information content (AvgIpc) is 3.04. The highest BCUT2D eigenvalue weighted by Crippen LogP contribution is 2.24. The van der Waals surface area contributed by atoms with Crippen LogP contribution in [0.15, 0.2) is 18.2 Å². The Hall–Kier alpha value is -1.60. The van der Waals surface area contributed by atoms with E-state index in [-0.39, 0.29) is 18.6 Å². The van der Waals surface area contributed by atoms with E-state index in [9.17, 15) is 13.2 Å². The summed E-state index contributed by atoms with van der Waals surface area (Å²) in [5.41, 5.74) is 2.59. The maximum absolute atomic E-state index is 12.2. The second kappa shape index (κ2) is 8.67. The minimum atomic E-state index is -3.40. The Labute approximate surface area is 150 Å². The zero-order chi connectivity index (χ0) is 18.4. The second-order valence-electron chi connectivity index (χ2n) is 6.67. The van der Waals surface area contributed by atoms with E-state index < -0.39 is 10.0 Å². The van der Waals surface area contributed by atoms with E-state index in [1.807, 2.05) is 32.0 Å². The molecule has 0 spiro atoms. The van der Waals surface area contributed by atoms with E-state index in [1.54, 1.807) is 0 Å². The van der Waals surface area contributed by atoms with Crippen LogP contribution in [0.1, 0.15) is 36.8 Å². The standard InChI is InChI=1S/C18H28N2O4S/c1-14-8-9-15(2)17(12-14)20(25(3,22)23)10-4-7-18(21)19-13-16-6-5-11-24-16/h8-9,12,16H,4-7,10-11,13H2,1-3H3,(H,19,21)/t16-/m0/s1. The van der Waals surface area contributed by atoms with Crippen molar-refractivity contribution in [1.29, 1.82) is 0 Å². The summed E-state index contributed by atoms with van der Waals surface area (Å²) in [6.07, 6.45) is 4.11. The van der Waals surface area contributed by atoms with Crippen LogP contribution in [0.5, 0.6) is 0 Å². The highest BCUT2D eigenvalue weighted by atomic mass is 32.2. The molecule has 1 heterocycles. The van der Waals surface area contributed by atoms with Gasteiger partial charge in [0, 0.05) is 26.1 Å². The number of aryl methyl sites for hydroxylation is 2. The maximum atomic E-state index is 12.2. The number of ether oxygens (including phenoxy) is 1. The molecule has 1 fully saturated rings. The molecule has 1 N–H and O–H groups in total. The quantitative estimate of drug-likeness (QED) is 0.763. The zero-order valence-corrected chi connectivity index (χ0v) is 16.1. The van der Waals surface area contributed by atoms with Crippen LogP contribution in [0.4, 0.5) is 5.69 Å². The number of benzene rings is 1. The Kier molecular flexibility index (Phi) is 6.84. The SMILES string of the molecule is Cc1ccc(C)c(N(CCCC(=O)NC[C@@H]2CCCO2)S(C)(=O)=O)c1. The first-order valence-electron chi connectivity index (χ1n) is 8.70. The van der Waals surface area contributed by atoms with Crippen LogP contribution in [0.2, 0.25) is 0 Å². The van der Waals surface area contributed by atoms with Gasteiger partial charge in [0.05, 0.1) is 18.0 Å². The minimum absolute atomic E-state index is 0.0649. The van der Waals surface area contributed by atoms with Gasteiger partial charge in [-0.15, -0.1) is 0 Å². The Balaban J connectivity index is 1.90. The summed E-state index contributed by atoms with van der Waals surface area (Å²) in [6, 6.07) is 5.74. The van der Waals surface area contributed by atoms with E-state index in [1.165, 1.54) is 10.6 Å². The fraction of sp³-hybridized carbons (Fsp3) is 0.611. The predicted molar refractivity (Wildman–Crippen MR) is 99.3 cm³/mol. The van der Waals surface area contributed by atoms with Crippen LogP contribution in [0.3, 0.4) is 0 Å². The molecule has 1 aromatic rings. The van der Waals surface area contributed by atoms with Gasteiger partial charge in [-0.25, -0.2) is 8.42 Å². The van der Waals surface area contributed by atoms with Gasteiger partial charge < -0.3 is 10.1 Å². The molecule has 7 heteroatoms. The van der Waals surface area contributed by atoms with Crippen LogP contribution < -0.4 is 9.62 Å². The molecule has 0 radical (unpaired) electrons. The highest BCUT2D eigenvalue weighted by molar-refractivity contribution is 7.92. The number of rotatable bonds is 8. The zero-order valence-electron chi connectivity index (χ0n) is 15.2. The van der Waals surface area contributed by atoms with Crippen molar-refractivity contribution < 1.29 is 17.9 Å². The van der Waals surface area contributed by atoms with Crippen molar-refractivity contribution in [2.24, 2.45) is 0 Å². The van der Waals surface area contributed by atoms with Crippen molar-refractivity contribution in [3.63, 3.8) is 0 Å². The van der Waals surface area contributed by atoms with Crippen LogP contribution >= 0.6 is 0 Å². The van der Waals surface area contributed by atoms with Gasteiger partial charge in [0.25, 0.3) is 0 Å². The molecule has 1 aromatic carbocycles. The van der Waals surface area contributed by atoms with Gasteiger partial charge >= 0.3 is 0 Å². The molecule has 2 rings (SSSR count). The number of sulfonamides is 1. The summed E-state index contributed by atoms with van der Waals surface area (Å²) in [5, 5.41) is 2.87. The first-order valence-corrected chi connectivity index (χ1v) is 10.6. The van der Waals surface area contributed by atoms with Crippen molar-refractivity contribution in [3.05, 3.63) is 29.3 Å². The van der Waals surface area contributed by atoms with E-state index in [2.05, 4.69) is 5.32 Å². The normalized spacial score (nSPS) is 17.5. The Morgan fingerprint density at radius 3 is 2.76 bits per heavy atom. The summed E-state index contributed by atoms with van der Waals surface area (Å²) >= 11 is 0. The number of carbonyl (C=O) groups excluding carboxylic acids is 1. The second-order valence-corrected chi connectivity index (χ2v) is 8.57. The number of hydrogen-bond donors (Lipinski definition) is 1. The minimum Gasteiger partial charge on any atom is -0.376 e. The van der Waals surface area contributed by atoms with Gasteiger partial charge in [-0.2, -0.15) is 0 Å². The number of nitrogens with one attached hydrogen (secondary N) is 1. The third-order valence-electron chi connectivity index (χ3n) is 4.35. The lowest BCUT2D eigenvalue weighted by atomic mass is 10.1. The number of nitrogens with zero attached hydrogens (tertiary/aromatic N) is 1. The number of carbonyl (C=O) groups is 1. The van der Waals surface area contributed by atoms with E-state index in [0.717, 1.165) is 30.6 Å². The van der Waals surface area contributed by atoms with Crippen molar-refractivity contribution in [1.82, 2.24) is 5.32 Å². The van der Waals surface area contributed by atoms with E-state index >= 15 is 0 Å². The molecular formula is C18H28N2O4S. The Morgan fingerprint density at radius 1 is 1.36 bits per heavy atom. The van der Waals surface area contributed by atoms with Gasteiger partial charge in [-0.3, -0.25) is 9.10 Å². The van der Waals surface area contributed by atoms with Crippen molar-refractivity contribution in [2.45, 2.75) is 45.6 Å². The Morgan fingerprint density at radius 2 is 2.12 bits per heavy atom. The fourth-order valence-corrected chi connectivity index (χ4v) is 3.97. The highest BCUT2D eigenvalue weighted by Gasteiger charge is 2.20. The summed E-state index contributed by atoms with van der Waals surface area (Å²) in [4.78, 5) is 12.0. The maximum Gasteiger partial charge on any atom is 0.232 e. The summed E-state index contributed by atoms with van der Waals surface area (Å²) in [5.74, 6) is -0.0649. The van der Waals surface area contributed by atoms with E-state index in [4.69, 9.17) is 4.74 Å². The predicted octanol–water partition coefficient (Wildman–Crippen LogP) is 2.14. The number of hydrogen-bond acceptors (Lipinski definition) is 4. The largest absolute Gasteiger partial charge is 0.376 e. The van der Waals surface area contributed by atoms with Crippen LogP contribution in [0, 0.1) is 13.8 Å². The molecule has 0 saturated carbocycles. The third-order valence-corrected chi connectivity index (χ3v) is 5.53. The van der Waals surface area contributed by atoms with Gasteiger partial charge in [0.1, 0.15) is 0 Å². The topological polar surface area (TPSA) is 75.7 Å². The molecule has 1 atom stereocenters. The molecule has 1 amide bonds. The number of anilines is 1. The molecule has 25 heavy (non-hydrogen) atoms. The van der Waals surface area contributed by atoms with Gasteiger partial charge in [-0.1, -0.05) is 12.1 Å². The van der Waals surface area contributed by atoms with Gasteiger partial charge in [0.15, 0.2) is 0 Å². The molecule has 1 aliphatic rings. The molecule has 0 aliphatic carbocycles. The molecule has 6 nitrogen and oxygen atoms in total. The van der Waals surface area contributed by atoms with Crippen LogP contribution in [0.25, 0.3) is 0 Å². The van der Waals surface area contributed by atoms with Crippen molar-refractivity contribution in [2.75, 3.05) is 30.3 Å². The third kappa shape index (κ3) is 6.01. The molecular weight excluding hydrogens is 340 g/mol. The summed E-state index contributed by atoms with van der Waals surface area (Å²) < 4.78 is 31.2. The first-order chi connectivity index (χ1) is 11.8. The van der Waals surface area contributed by atoms with Gasteiger partial charge in [0.2, 0.25) is 15.9 Å². The molecule has 1 saturated heterocycles. The van der Waals surface area contributed by atoms with Crippen LogP contribution in [-0.2, 0) is 19.6 Å². The lowest BCUT2D eigenvalue weighted by Crippen LogP contribution is -2.34. The Bertz CT molecular complexity index is 697. The van der Waals surface area contributed by atoms with Crippen molar-refractivity contribution >= 4 is 21.6 Å². The fourth-order valence-electron chi connectivity index (χ4n) is 2.96. The average molecular weight is 368 g/mol. The van der Waals surface area contributed by atoms with E-state index in [0.29, 0.717) is 25.1 Å². The number of amides is 1. The lowest BCUT2D eigenvalue weighted by Gasteiger charge is -2.24. The molecule has 1 aliphatic heterocycles. The van der Waals surface area contributed by atoms with Crippen molar-refractivity contribution in [3.8, 4) is 0 Å². The molecule has 0 bridgehead atoms. The molecule has 0 unspecified atom stereocenters. The molecule has 0 aromatic heterocycles. The first kappa shape index (κ1) is 19.7. The van der Waals surface area contributed by atoms with Crippen LogP contribution in [-0.4, -0.2) is 46.4 Å². The lowest BCUT2D eigenvalue weighted by molar-refractivity contribution is -0.121. The van der Waals surface area contributed by atoms with Gasteiger partial charge in [-0.05, 0) is 50.3 Å². The summed E-state index contributed by atoms with van der Waals surface area (Å²) in [6.45, 7) is 5.41. The summed E-state index contributed by atoms with van der Waals surface area (Å²) in [7, 11) is -3.40. The molecule has 140 valence electrons. The smallest absolute Gasteiger partial charge is 0.232 e.